The van der Waals surface area contributed by atoms with E-state index in [1.807, 2.05) is 0 Å². The lowest BCUT2D eigenvalue weighted by Gasteiger charge is -2.39. The van der Waals surface area contributed by atoms with Crippen molar-refractivity contribution >= 4 is 0 Å². The molecule has 0 aromatic heterocycles. The van der Waals surface area contributed by atoms with Gasteiger partial charge in [-0.15, -0.1) is 0 Å². The van der Waals surface area contributed by atoms with E-state index in [0.29, 0.717) is 0 Å². The molecule has 0 aromatic carbocycles. The van der Waals surface area contributed by atoms with Crippen molar-refractivity contribution in [2.24, 2.45) is 0 Å². The van der Waals surface area contributed by atoms with Crippen LogP contribution < -0.4 is 0 Å². The monoisotopic (exact) mass is 396 g/mol. The van der Waals surface area contributed by atoms with E-state index in [0.717, 1.165) is 0 Å². The lowest BCUT2D eigenvalue weighted by atomic mass is 10.1. The Morgan fingerprint density at radius 1 is 0.286 bits per heavy atom. The minimum Gasteiger partial charge on any atom is -0.324 e. The first kappa shape index (κ1) is 28.0. The van der Waals surface area contributed by atoms with Crippen molar-refractivity contribution in [1.82, 2.24) is 0 Å². The average Bonchev–Trinajstić information content (AvgIpc) is 2.70. The highest BCUT2D eigenvalue weighted by Crippen LogP contribution is 2.19. The molecule has 0 rings (SSSR count). The van der Waals surface area contributed by atoms with Gasteiger partial charge in [0.1, 0.15) is 0 Å². The van der Waals surface area contributed by atoms with Crippen LogP contribution in [0.25, 0.3) is 0 Å². The van der Waals surface area contributed by atoms with Gasteiger partial charge >= 0.3 is 0 Å². The van der Waals surface area contributed by atoms with Crippen molar-refractivity contribution in [3.63, 3.8) is 0 Å². The van der Waals surface area contributed by atoms with Crippen molar-refractivity contribution in [2.45, 2.75) is 150 Å². The molecule has 0 bridgehead atoms. The quantitative estimate of drug-likeness (QED) is 0.119. The molecular weight excluding hydrogens is 338 g/mol. The summed E-state index contributed by atoms with van der Waals surface area (Å²) in [7, 11) is 0. The second-order valence-corrected chi connectivity index (χ2v) is 9.54. The van der Waals surface area contributed by atoms with E-state index in [1.165, 1.54) is 153 Å². The lowest BCUT2D eigenvalue weighted by molar-refractivity contribution is -0.929. The van der Waals surface area contributed by atoms with Crippen molar-refractivity contribution in [1.29, 1.82) is 0 Å². The number of quaternary nitrogens is 1. The molecule has 0 radical (unpaired) electrons. The molecule has 0 aliphatic rings. The Morgan fingerprint density at radius 3 is 0.857 bits per heavy atom. The summed E-state index contributed by atoms with van der Waals surface area (Å²) in [5.41, 5.74) is 0. The van der Waals surface area contributed by atoms with Gasteiger partial charge in [0.2, 0.25) is 0 Å². The molecule has 0 unspecified atom stereocenters. The van der Waals surface area contributed by atoms with Gasteiger partial charge in [-0.05, 0) is 44.9 Å². The molecule has 0 aromatic rings. The van der Waals surface area contributed by atoms with E-state index in [2.05, 4.69) is 27.7 Å². The zero-order chi connectivity index (χ0) is 20.8. The Morgan fingerprint density at radius 2 is 0.571 bits per heavy atom. The van der Waals surface area contributed by atoms with Gasteiger partial charge in [0, 0.05) is 0 Å². The predicted molar refractivity (Wildman–Crippen MR) is 130 cm³/mol. The maximum absolute atomic E-state index is 2.41. The first-order valence-electron chi connectivity index (χ1n) is 13.6. The van der Waals surface area contributed by atoms with Crippen LogP contribution in [0.4, 0.5) is 0 Å². The second-order valence-electron chi connectivity index (χ2n) is 9.54. The normalized spacial score (nSPS) is 12.0. The summed E-state index contributed by atoms with van der Waals surface area (Å²) in [5.74, 6) is 0. The Kier molecular flexibility index (Phi) is 21.6. The van der Waals surface area contributed by atoms with Gasteiger partial charge in [-0.1, -0.05) is 105 Å². The summed E-state index contributed by atoms with van der Waals surface area (Å²) in [4.78, 5) is 0. The molecule has 0 aliphatic heterocycles. The largest absolute Gasteiger partial charge is 0.324 e. The van der Waals surface area contributed by atoms with Crippen LogP contribution in [-0.4, -0.2) is 30.7 Å². The van der Waals surface area contributed by atoms with Crippen LogP contribution in [0.5, 0.6) is 0 Å². The maximum atomic E-state index is 2.41. The lowest BCUT2D eigenvalue weighted by Crippen LogP contribution is -2.50. The van der Waals surface area contributed by atoms with Gasteiger partial charge in [-0.3, -0.25) is 0 Å². The molecule has 0 amide bonds. The van der Waals surface area contributed by atoms with E-state index in [9.17, 15) is 0 Å². The predicted octanol–water partition coefficient (Wildman–Crippen LogP) is 9.29. The van der Waals surface area contributed by atoms with Gasteiger partial charge < -0.3 is 4.48 Å². The van der Waals surface area contributed by atoms with Gasteiger partial charge in [0.25, 0.3) is 0 Å². The molecule has 1 nitrogen and oxygen atoms in total. The molecule has 0 saturated carbocycles. The number of rotatable bonds is 23. The van der Waals surface area contributed by atoms with Gasteiger partial charge in [0.05, 0.1) is 26.2 Å². The molecule has 170 valence electrons. The minimum atomic E-state index is 1.36. The van der Waals surface area contributed by atoms with Crippen LogP contribution in [0.15, 0.2) is 0 Å². The number of hydrogen-bond acceptors (Lipinski definition) is 0. The summed E-state index contributed by atoms with van der Waals surface area (Å²) in [6.45, 7) is 15.2. The second kappa shape index (κ2) is 21.7. The summed E-state index contributed by atoms with van der Waals surface area (Å²) in [6.07, 6.45) is 27.3. The third-order valence-electron chi connectivity index (χ3n) is 6.66. The highest BCUT2D eigenvalue weighted by molar-refractivity contribution is 4.53. The van der Waals surface area contributed by atoms with E-state index in [1.54, 1.807) is 0 Å². The van der Waals surface area contributed by atoms with Crippen molar-refractivity contribution in [3.8, 4) is 0 Å². The maximum Gasteiger partial charge on any atom is 0.0786 e. The summed E-state index contributed by atoms with van der Waals surface area (Å²) in [6, 6.07) is 0. The molecule has 0 aliphatic carbocycles. The Labute approximate surface area is 180 Å². The standard InChI is InChI=1S/C27H58N/c1-5-9-12-15-18-21-25-28(24-8-4,26-22-19-16-13-10-6-2)27-23-20-17-14-11-7-3/h5-27H2,1-4H3/q+1. The molecule has 1 heteroatoms. The Bertz CT molecular complexity index is 245. The molecule has 0 spiro atoms. The van der Waals surface area contributed by atoms with E-state index >= 15 is 0 Å². The number of hydrogen-bond donors (Lipinski definition) is 0. The van der Waals surface area contributed by atoms with Gasteiger partial charge in [-0.25, -0.2) is 0 Å². The fourth-order valence-electron chi connectivity index (χ4n) is 4.83. The summed E-state index contributed by atoms with van der Waals surface area (Å²) >= 11 is 0. The molecule has 0 atom stereocenters. The molecule has 0 heterocycles. The first-order valence-corrected chi connectivity index (χ1v) is 13.6. The summed E-state index contributed by atoms with van der Waals surface area (Å²) < 4.78 is 1.45. The van der Waals surface area contributed by atoms with Crippen LogP contribution in [0.2, 0.25) is 0 Å². The van der Waals surface area contributed by atoms with Crippen molar-refractivity contribution < 1.29 is 4.48 Å². The molecule has 0 saturated heterocycles. The number of nitrogens with zero attached hydrogens (tertiary/aromatic N) is 1. The smallest absolute Gasteiger partial charge is 0.0786 e. The highest BCUT2D eigenvalue weighted by Gasteiger charge is 2.25. The van der Waals surface area contributed by atoms with Crippen molar-refractivity contribution in [2.75, 3.05) is 26.2 Å². The topological polar surface area (TPSA) is 0 Å². The molecule has 0 N–H and O–H groups in total. The SMILES string of the molecule is CCCCCCCC[N+](CCC)(CCCCCCCC)CCCCCCCC. The first-order chi connectivity index (χ1) is 13.7. The zero-order valence-corrected chi connectivity index (χ0v) is 20.7. The molecule has 28 heavy (non-hydrogen) atoms. The van der Waals surface area contributed by atoms with Crippen LogP contribution in [-0.2, 0) is 0 Å². The van der Waals surface area contributed by atoms with Crippen LogP contribution in [0.3, 0.4) is 0 Å². The van der Waals surface area contributed by atoms with E-state index in [4.69, 9.17) is 0 Å². The van der Waals surface area contributed by atoms with Crippen molar-refractivity contribution in [3.05, 3.63) is 0 Å². The molecular formula is C27H58N+. The van der Waals surface area contributed by atoms with E-state index < -0.39 is 0 Å². The van der Waals surface area contributed by atoms with Gasteiger partial charge in [-0.2, -0.15) is 0 Å². The molecule has 0 fully saturated rings. The van der Waals surface area contributed by atoms with E-state index in [-0.39, 0.29) is 0 Å². The average molecular weight is 397 g/mol. The number of unbranched alkanes of at least 4 members (excludes halogenated alkanes) is 15. The fourth-order valence-corrected chi connectivity index (χ4v) is 4.83. The van der Waals surface area contributed by atoms with Crippen LogP contribution >= 0.6 is 0 Å². The Balaban J connectivity index is 4.39. The minimum absolute atomic E-state index is 1.36. The summed E-state index contributed by atoms with van der Waals surface area (Å²) in [5, 5.41) is 0. The third kappa shape index (κ3) is 16.9. The Hall–Kier alpha value is -0.0400. The fraction of sp³-hybridized carbons (Fsp3) is 1.00. The highest BCUT2D eigenvalue weighted by atomic mass is 15.3. The van der Waals surface area contributed by atoms with Crippen LogP contribution in [0.1, 0.15) is 150 Å². The van der Waals surface area contributed by atoms with Crippen LogP contribution in [0, 0.1) is 0 Å². The third-order valence-corrected chi connectivity index (χ3v) is 6.66. The van der Waals surface area contributed by atoms with Gasteiger partial charge in [0.15, 0.2) is 0 Å². The zero-order valence-electron chi connectivity index (χ0n) is 20.7.